The first-order valence-electron chi connectivity index (χ1n) is 8.76. The Bertz CT molecular complexity index is 681. The average molecular weight is 343 g/mol. The zero-order valence-electron chi connectivity index (χ0n) is 14.6. The van der Waals surface area contributed by atoms with E-state index >= 15 is 0 Å². The third-order valence-electron chi connectivity index (χ3n) is 4.99. The second-order valence-electron chi connectivity index (χ2n) is 6.64. The molecule has 1 aromatic heterocycles. The summed E-state index contributed by atoms with van der Waals surface area (Å²) in [5, 5.41) is 15.4. The second-order valence-corrected chi connectivity index (χ2v) is 6.64. The van der Waals surface area contributed by atoms with Crippen LogP contribution in [-0.4, -0.2) is 57.2 Å². The molecule has 0 bridgehead atoms. The summed E-state index contributed by atoms with van der Waals surface area (Å²) in [4.78, 5) is 15.6. The van der Waals surface area contributed by atoms with Crippen LogP contribution in [0.4, 0.5) is 5.69 Å². The van der Waals surface area contributed by atoms with Crippen LogP contribution in [0.25, 0.3) is 0 Å². The van der Waals surface area contributed by atoms with Crippen LogP contribution in [0.1, 0.15) is 18.4 Å². The van der Waals surface area contributed by atoms with Crippen molar-refractivity contribution in [3.05, 3.63) is 58.4 Å². The second kappa shape index (κ2) is 8.22. The van der Waals surface area contributed by atoms with Gasteiger partial charge in [0.1, 0.15) is 0 Å². The van der Waals surface area contributed by atoms with Gasteiger partial charge < -0.3 is 4.90 Å². The number of hydrogen-bond acceptors (Lipinski definition) is 5. The topological polar surface area (TPSA) is 67.4 Å². The van der Waals surface area contributed by atoms with Crippen LogP contribution in [0.3, 0.4) is 0 Å². The minimum Gasteiger partial charge on any atom is -0.301 e. The molecule has 2 aromatic rings. The van der Waals surface area contributed by atoms with Gasteiger partial charge in [0.05, 0.1) is 11.5 Å². The van der Waals surface area contributed by atoms with E-state index in [4.69, 9.17) is 0 Å². The Hall–Kier alpha value is -2.25. The maximum Gasteiger partial charge on any atom is 0.273 e. The highest BCUT2D eigenvalue weighted by Gasteiger charge is 2.24. The van der Waals surface area contributed by atoms with Gasteiger partial charge >= 0.3 is 0 Å². The number of benzene rings is 1. The number of likely N-dealkylation sites (tertiary alicyclic amines) is 1. The number of para-hydroxylation sites is 1. The number of hydrogen-bond donors (Lipinski definition) is 0. The largest absolute Gasteiger partial charge is 0.301 e. The van der Waals surface area contributed by atoms with Crippen LogP contribution in [-0.2, 0) is 13.1 Å². The van der Waals surface area contributed by atoms with Gasteiger partial charge in [0.15, 0.2) is 0 Å². The summed E-state index contributed by atoms with van der Waals surface area (Å²) in [5.74, 6) is 0. The molecule has 1 aliphatic rings. The minimum atomic E-state index is -0.291. The fourth-order valence-corrected chi connectivity index (χ4v) is 3.48. The molecule has 0 unspecified atom stereocenters. The van der Waals surface area contributed by atoms with Gasteiger partial charge in [-0.25, -0.2) is 0 Å². The highest BCUT2D eigenvalue weighted by molar-refractivity contribution is 5.39. The molecule has 7 nitrogen and oxygen atoms in total. The van der Waals surface area contributed by atoms with E-state index in [1.165, 1.54) is 0 Å². The summed E-state index contributed by atoms with van der Waals surface area (Å²) in [6.45, 7) is 4.68. The van der Waals surface area contributed by atoms with E-state index in [0.717, 1.165) is 44.6 Å². The van der Waals surface area contributed by atoms with E-state index in [9.17, 15) is 10.1 Å². The molecule has 0 aliphatic carbocycles. The van der Waals surface area contributed by atoms with Gasteiger partial charge in [0.2, 0.25) is 0 Å². The van der Waals surface area contributed by atoms with Gasteiger partial charge in [0.25, 0.3) is 5.69 Å². The Morgan fingerprint density at radius 1 is 1.24 bits per heavy atom. The quantitative estimate of drug-likeness (QED) is 0.570. The van der Waals surface area contributed by atoms with E-state index in [1.807, 2.05) is 35.3 Å². The fourth-order valence-electron chi connectivity index (χ4n) is 3.48. The summed E-state index contributed by atoms with van der Waals surface area (Å²) < 4.78 is 1.97. The lowest BCUT2D eigenvalue weighted by molar-refractivity contribution is -0.385. The SMILES string of the molecule is CN(Cc1ccccc1[N+](=O)[O-])C1CCN(CCn2cccn2)CC1. The summed E-state index contributed by atoms with van der Waals surface area (Å²) in [6.07, 6.45) is 5.99. The first-order valence-corrected chi connectivity index (χ1v) is 8.76. The van der Waals surface area contributed by atoms with Crippen molar-refractivity contribution in [1.29, 1.82) is 0 Å². The van der Waals surface area contributed by atoms with Gasteiger partial charge in [-0.1, -0.05) is 18.2 Å². The maximum atomic E-state index is 11.2. The number of aromatic nitrogens is 2. The Morgan fingerprint density at radius 2 is 2.00 bits per heavy atom. The summed E-state index contributed by atoms with van der Waals surface area (Å²) in [7, 11) is 2.07. The zero-order chi connectivity index (χ0) is 17.6. The molecule has 0 atom stereocenters. The smallest absolute Gasteiger partial charge is 0.273 e. The lowest BCUT2D eigenvalue weighted by Crippen LogP contribution is -2.44. The molecule has 2 heterocycles. The standard InChI is InChI=1S/C18H25N5O2/c1-20(15-16-5-2-3-6-18(16)23(24)25)17-7-11-21(12-8-17)13-14-22-10-4-9-19-22/h2-6,9-10,17H,7-8,11-15H2,1H3. The van der Waals surface area contributed by atoms with Crippen LogP contribution >= 0.6 is 0 Å². The van der Waals surface area contributed by atoms with Crippen molar-refractivity contribution in [2.75, 3.05) is 26.7 Å². The molecule has 1 aromatic carbocycles. The molecular formula is C18H25N5O2. The molecule has 3 rings (SSSR count). The Labute approximate surface area is 148 Å². The van der Waals surface area contributed by atoms with Crippen molar-refractivity contribution in [2.45, 2.75) is 32.0 Å². The predicted molar refractivity (Wildman–Crippen MR) is 96.3 cm³/mol. The first kappa shape index (κ1) is 17.6. The van der Waals surface area contributed by atoms with Crippen molar-refractivity contribution in [1.82, 2.24) is 19.6 Å². The monoisotopic (exact) mass is 343 g/mol. The molecule has 0 amide bonds. The van der Waals surface area contributed by atoms with Crippen molar-refractivity contribution >= 4 is 5.69 Å². The molecule has 1 aliphatic heterocycles. The van der Waals surface area contributed by atoms with E-state index in [-0.39, 0.29) is 10.6 Å². The van der Waals surface area contributed by atoms with Crippen LogP contribution in [0.15, 0.2) is 42.7 Å². The third-order valence-corrected chi connectivity index (χ3v) is 4.99. The normalized spacial score (nSPS) is 16.4. The Kier molecular flexibility index (Phi) is 5.78. The van der Waals surface area contributed by atoms with Crippen molar-refractivity contribution in [2.24, 2.45) is 0 Å². The van der Waals surface area contributed by atoms with Crippen molar-refractivity contribution in [3.8, 4) is 0 Å². The van der Waals surface area contributed by atoms with Gasteiger partial charge in [-0.05, 0) is 39.0 Å². The molecule has 134 valence electrons. The molecule has 0 radical (unpaired) electrons. The number of nitrogens with zero attached hydrogens (tertiary/aromatic N) is 5. The number of nitro groups is 1. The predicted octanol–water partition coefficient (Wildman–Crippen LogP) is 2.39. The van der Waals surface area contributed by atoms with Crippen LogP contribution in [0, 0.1) is 10.1 Å². The van der Waals surface area contributed by atoms with Crippen molar-refractivity contribution < 1.29 is 4.92 Å². The van der Waals surface area contributed by atoms with Gasteiger partial charge in [-0.2, -0.15) is 5.10 Å². The van der Waals surface area contributed by atoms with Gasteiger partial charge in [-0.3, -0.25) is 19.7 Å². The number of rotatable bonds is 7. The number of nitro benzene ring substituents is 1. The maximum absolute atomic E-state index is 11.2. The molecule has 25 heavy (non-hydrogen) atoms. The van der Waals surface area contributed by atoms with E-state index in [1.54, 1.807) is 12.1 Å². The summed E-state index contributed by atoms with van der Waals surface area (Å²) >= 11 is 0. The highest BCUT2D eigenvalue weighted by Crippen LogP contribution is 2.22. The molecule has 0 N–H and O–H groups in total. The molecule has 0 spiro atoms. The Morgan fingerprint density at radius 3 is 2.68 bits per heavy atom. The number of piperidine rings is 1. The molecule has 0 saturated carbocycles. The third kappa shape index (κ3) is 4.64. The van der Waals surface area contributed by atoms with Gasteiger partial charge in [-0.15, -0.1) is 0 Å². The summed E-state index contributed by atoms with van der Waals surface area (Å²) in [6, 6.07) is 9.45. The molecular weight excluding hydrogens is 318 g/mol. The minimum absolute atomic E-state index is 0.214. The van der Waals surface area contributed by atoms with E-state index in [2.05, 4.69) is 21.9 Å². The van der Waals surface area contributed by atoms with E-state index in [0.29, 0.717) is 12.6 Å². The van der Waals surface area contributed by atoms with Crippen LogP contribution < -0.4 is 0 Å². The fraction of sp³-hybridized carbons (Fsp3) is 0.500. The van der Waals surface area contributed by atoms with E-state index < -0.39 is 0 Å². The first-order chi connectivity index (χ1) is 12.1. The lowest BCUT2D eigenvalue weighted by Gasteiger charge is -2.36. The Balaban J connectivity index is 1.48. The van der Waals surface area contributed by atoms with Crippen molar-refractivity contribution in [3.63, 3.8) is 0 Å². The highest BCUT2D eigenvalue weighted by atomic mass is 16.6. The average Bonchev–Trinajstić information content (AvgIpc) is 3.14. The van der Waals surface area contributed by atoms with Crippen LogP contribution in [0.2, 0.25) is 0 Å². The lowest BCUT2D eigenvalue weighted by atomic mass is 10.0. The summed E-state index contributed by atoms with van der Waals surface area (Å²) in [5.41, 5.74) is 1.00. The zero-order valence-corrected chi connectivity index (χ0v) is 14.6. The molecule has 1 saturated heterocycles. The molecule has 1 fully saturated rings. The molecule has 7 heteroatoms. The van der Waals surface area contributed by atoms with Gasteiger partial charge in [0, 0.05) is 43.2 Å². The van der Waals surface area contributed by atoms with Crippen LogP contribution in [0.5, 0.6) is 0 Å².